The van der Waals surface area contributed by atoms with Crippen molar-refractivity contribution in [1.29, 1.82) is 0 Å². The molecule has 9 heteroatoms. The zero-order chi connectivity index (χ0) is 30.7. The fraction of sp³-hybridized carbons (Fsp3) is 0.265. The van der Waals surface area contributed by atoms with Crippen LogP contribution in [0.15, 0.2) is 76.2 Å². The van der Waals surface area contributed by atoms with Gasteiger partial charge in [0.1, 0.15) is 17.4 Å². The smallest absolute Gasteiger partial charge is 0.335 e. The molecule has 0 spiro atoms. The number of carbonyl (C=O) groups excluding carboxylic acids is 1. The largest absolute Gasteiger partial charge is 0.488 e. The van der Waals surface area contributed by atoms with Crippen LogP contribution in [-0.4, -0.2) is 23.2 Å². The second kappa shape index (κ2) is 13.0. The molecule has 0 unspecified atom stereocenters. The number of anilines is 1. The molecular formula is C34H32BrClN2O4S. The summed E-state index contributed by atoms with van der Waals surface area (Å²) in [5.74, 6) is 0.0738. The third-order valence-electron chi connectivity index (χ3n) is 7.68. The first-order chi connectivity index (χ1) is 20.5. The minimum Gasteiger partial charge on any atom is -0.488 e. The molecule has 6 nitrogen and oxygen atoms in total. The molecule has 1 heterocycles. The summed E-state index contributed by atoms with van der Waals surface area (Å²) in [7, 11) is 0. The van der Waals surface area contributed by atoms with Gasteiger partial charge in [-0.15, -0.1) is 11.3 Å². The van der Waals surface area contributed by atoms with E-state index >= 15 is 0 Å². The van der Waals surface area contributed by atoms with E-state index in [1.54, 1.807) is 66.1 Å². The predicted octanol–water partition coefficient (Wildman–Crippen LogP) is 9.60. The summed E-state index contributed by atoms with van der Waals surface area (Å²) in [4.78, 5) is 30.8. The van der Waals surface area contributed by atoms with E-state index in [4.69, 9.17) is 26.4 Å². The Morgan fingerprint density at radius 3 is 2.49 bits per heavy atom. The number of hydrogen-bond donors (Lipinski definition) is 2. The van der Waals surface area contributed by atoms with Crippen LogP contribution in [0.25, 0.3) is 0 Å². The van der Waals surface area contributed by atoms with Gasteiger partial charge in [-0.1, -0.05) is 44.5 Å². The highest BCUT2D eigenvalue weighted by molar-refractivity contribution is 9.10. The normalized spacial score (nSPS) is 14.9. The highest BCUT2D eigenvalue weighted by Crippen LogP contribution is 2.45. The molecule has 2 N–H and O–H groups in total. The summed E-state index contributed by atoms with van der Waals surface area (Å²) in [5, 5.41) is 13.4. The van der Waals surface area contributed by atoms with Crippen molar-refractivity contribution in [3.63, 3.8) is 0 Å². The van der Waals surface area contributed by atoms with Gasteiger partial charge < -0.3 is 15.2 Å². The minimum absolute atomic E-state index is 0.164. The van der Waals surface area contributed by atoms with Crippen LogP contribution < -0.4 is 10.1 Å². The van der Waals surface area contributed by atoms with Crippen LogP contribution in [-0.2, 0) is 19.4 Å². The molecule has 1 atom stereocenters. The fourth-order valence-electron chi connectivity index (χ4n) is 5.11. The molecule has 0 saturated carbocycles. The van der Waals surface area contributed by atoms with Crippen molar-refractivity contribution in [1.82, 2.24) is 0 Å². The van der Waals surface area contributed by atoms with Gasteiger partial charge in [0.05, 0.1) is 15.6 Å². The molecule has 1 aromatic heterocycles. The number of amides is 1. The lowest BCUT2D eigenvalue weighted by atomic mass is 9.72. The lowest BCUT2D eigenvalue weighted by Gasteiger charge is -2.33. The first kappa shape index (κ1) is 31.0. The van der Waals surface area contributed by atoms with Gasteiger partial charge in [-0.3, -0.25) is 4.79 Å². The van der Waals surface area contributed by atoms with E-state index in [2.05, 4.69) is 42.0 Å². The first-order valence-electron chi connectivity index (χ1n) is 14.0. The van der Waals surface area contributed by atoms with Gasteiger partial charge in [-0.25, -0.2) is 9.79 Å². The highest BCUT2D eigenvalue weighted by atomic mass is 79.9. The van der Waals surface area contributed by atoms with Gasteiger partial charge >= 0.3 is 5.97 Å². The SMILES string of the molecule is CC(C)(C)[C@H]1CCc2c(sc(N=Cc3ccc(OCc4ccc(C(=O)O)cc4)c(Br)c3)c2C(=O)Nc2ccc(Cl)cc2)C1. The quantitative estimate of drug-likeness (QED) is 0.182. The maximum atomic E-state index is 13.6. The monoisotopic (exact) mass is 678 g/mol. The van der Waals surface area contributed by atoms with E-state index in [0.29, 0.717) is 39.5 Å². The number of rotatable bonds is 8. The van der Waals surface area contributed by atoms with Gasteiger partial charge in [0.25, 0.3) is 5.91 Å². The Morgan fingerprint density at radius 2 is 1.84 bits per heavy atom. The molecule has 3 aromatic carbocycles. The van der Waals surface area contributed by atoms with E-state index in [9.17, 15) is 9.59 Å². The van der Waals surface area contributed by atoms with Crippen molar-refractivity contribution in [2.75, 3.05) is 5.32 Å². The molecule has 5 rings (SSSR count). The zero-order valence-corrected chi connectivity index (χ0v) is 27.3. The Labute approximate surface area is 268 Å². The first-order valence-corrected chi connectivity index (χ1v) is 16.0. The molecular weight excluding hydrogens is 648 g/mol. The standard InChI is InChI=1S/C34H32BrClN2O4S/c1-34(2,3)23-9-14-26-29(17-23)43-32(30(26)31(39)38-25-12-10-24(36)11-13-25)37-18-21-6-15-28(27(35)16-21)42-19-20-4-7-22(8-5-20)33(40)41/h4-8,10-13,15-16,18,23H,9,14,17,19H2,1-3H3,(H,38,39)(H,40,41)/t23-/m0/s1. The second-order valence-corrected chi connectivity index (χ2v) is 14.1. The lowest BCUT2D eigenvalue weighted by Crippen LogP contribution is -2.27. The number of hydrogen-bond acceptors (Lipinski definition) is 5. The van der Waals surface area contributed by atoms with E-state index in [1.807, 2.05) is 18.2 Å². The molecule has 0 bridgehead atoms. The summed E-state index contributed by atoms with van der Waals surface area (Å²) in [6.45, 7) is 7.14. The van der Waals surface area contributed by atoms with E-state index in [1.165, 1.54) is 4.88 Å². The van der Waals surface area contributed by atoms with E-state index in [0.717, 1.165) is 40.4 Å². The molecule has 1 amide bonds. The number of halogens is 2. The number of ether oxygens (including phenoxy) is 1. The molecule has 0 saturated heterocycles. The van der Waals surface area contributed by atoms with Crippen LogP contribution in [0.3, 0.4) is 0 Å². The van der Waals surface area contributed by atoms with Crippen molar-refractivity contribution < 1.29 is 19.4 Å². The van der Waals surface area contributed by atoms with Crippen molar-refractivity contribution in [2.45, 2.75) is 46.6 Å². The summed E-state index contributed by atoms with van der Waals surface area (Å²) >= 11 is 11.2. The summed E-state index contributed by atoms with van der Waals surface area (Å²) in [6, 6.07) is 19.4. The topological polar surface area (TPSA) is 88.0 Å². The Hall–Kier alpha value is -3.46. The number of carbonyl (C=O) groups is 2. The number of fused-ring (bicyclic) bond motifs is 1. The van der Waals surface area contributed by atoms with Gasteiger partial charge in [0, 0.05) is 21.8 Å². The Morgan fingerprint density at radius 1 is 1.12 bits per heavy atom. The van der Waals surface area contributed by atoms with Crippen LogP contribution in [0.4, 0.5) is 10.7 Å². The molecule has 0 aliphatic heterocycles. The Balaban J connectivity index is 1.36. The number of carboxylic acid groups (broad SMARTS) is 1. The van der Waals surface area contributed by atoms with Crippen molar-refractivity contribution in [2.24, 2.45) is 16.3 Å². The molecule has 43 heavy (non-hydrogen) atoms. The third kappa shape index (κ3) is 7.55. The van der Waals surface area contributed by atoms with Crippen LogP contribution >= 0.6 is 38.9 Å². The maximum absolute atomic E-state index is 13.6. The third-order valence-corrected chi connectivity index (χ3v) is 9.72. The van der Waals surface area contributed by atoms with Crippen molar-refractivity contribution in [3.8, 4) is 5.75 Å². The summed E-state index contributed by atoms with van der Waals surface area (Å²) in [6.07, 6.45) is 4.60. The number of benzene rings is 3. The van der Waals surface area contributed by atoms with Crippen molar-refractivity contribution >= 4 is 67.6 Å². The van der Waals surface area contributed by atoms with Crippen LogP contribution in [0.5, 0.6) is 5.75 Å². The molecule has 0 radical (unpaired) electrons. The molecule has 0 fully saturated rings. The van der Waals surface area contributed by atoms with Crippen molar-refractivity contribution in [3.05, 3.63) is 109 Å². The van der Waals surface area contributed by atoms with E-state index < -0.39 is 5.97 Å². The number of nitrogens with zero attached hydrogens (tertiary/aromatic N) is 1. The lowest BCUT2D eigenvalue weighted by molar-refractivity contribution is 0.0696. The number of nitrogens with one attached hydrogen (secondary N) is 1. The van der Waals surface area contributed by atoms with Gasteiger partial charge in [-0.2, -0.15) is 0 Å². The molecule has 1 aliphatic rings. The number of aliphatic imine (C=N–C) groups is 1. The average Bonchev–Trinajstić information content (AvgIpc) is 3.34. The number of thiophene rings is 1. The van der Waals surface area contributed by atoms with Gasteiger partial charge in [0.15, 0.2) is 0 Å². The zero-order valence-electron chi connectivity index (χ0n) is 24.1. The highest BCUT2D eigenvalue weighted by Gasteiger charge is 2.33. The summed E-state index contributed by atoms with van der Waals surface area (Å²) in [5.41, 5.74) is 4.58. The van der Waals surface area contributed by atoms with Gasteiger partial charge in [0.2, 0.25) is 0 Å². The minimum atomic E-state index is -0.960. The van der Waals surface area contributed by atoms with Crippen LogP contribution in [0.1, 0.15) is 69.5 Å². The predicted molar refractivity (Wildman–Crippen MR) is 178 cm³/mol. The Kier molecular flexibility index (Phi) is 9.39. The molecule has 4 aromatic rings. The Bertz CT molecular complexity index is 1670. The maximum Gasteiger partial charge on any atom is 0.335 e. The van der Waals surface area contributed by atoms with Gasteiger partial charge in [-0.05, 0) is 118 Å². The number of carboxylic acids is 1. The van der Waals surface area contributed by atoms with Crippen LogP contribution in [0, 0.1) is 11.3 Å². The molecule has 222 valence electrons. The second-order valence-electron chi connectivity index (χ2n) is 11.7. The average molecular weight is 680 g/mol. The number of aromatic carboxylic acids is 1. The molecule has 1 aliphatic carbocycles. The van der Waals surface area contributed by atoms with Crippen LogP contribution in [0.2, 0.25) is 5.02 Å². The van der Waals surface area contributed by atoms with E-state index in [-0.39, 0.29) is 16.9 Å². The summed E-state index contributed by atoms with van der Waals surface area (Å²) < 4.78 is 6.71. The fourth-order valence-corrected chi connectivity index (χ4v) is 7.02.